The van der Waals surface area contributed by atoms with Gasteiger partial charge < -0.3 is 10.6 Å². The predicted molar refractivity (Wildman–Crippen MR) is 83.1 cm³/mol. The summed E-state index contributed by atoms with van der Waals surface area (Å²) in [5.41, 5.74) is 1.87. The van der Waals surface area contributed by atoms with Crippen molar-refractivity contribution in [2.45, 2.75) is 19.4 Å². The molecule has 0 bridgehead atoms. The molecule has 0 saturated heterocycles. The lowest BCUT2D eigenvalue weighted by molar-refractivity contribution is 0.488. The molecule has 0 saturated carbocycles. The van der Waals surface area contributed by atoms with Crippen molar-refractivity contribution in [3.8, 4) is 0 Å². The lowest BCUT2D eigenvalue weighted by atomic mass is 9.96. The molecule has 0 spiro atoms. The maximum Gasteiger partial charge on any atom is 0.171 e. The number of pyridine rings is 1. The van der Waals surface area contributed by atoms with Crippen LogP contribution in [0.3, 0.4) is 0 Å². The molecule has 2 rings (SSSR count). The first-order valence-corrected chi connectivity index (χ1v) is 6.53. The monoisotopic (exact) mass is 271 g/mol. The lowest BCUT2D eigenvalue weighted by Gasteiger charge is -2.28. The molecule has 1 aromatic carbocycles. The zero-order chi connectivity index (χ0) is 13.7. The van der Waals surface area contributed by atoms with Crippen LogP contribution in [-0.4, -0.2) is 10.1 Å². The smallest absolute Gasteiger partial charge is 0.171 e. The summed E-state index contributed by atoms with van der Waals surface area (Å²) in [5.74, 6) is 0. The second-order valence-electron chi connectivity index (χ2n) is 4.81. The van der Waals surface area contributed by atoms with Gasteiger partial charge in [0, 0.05) is 18.1 Å². The van der Waals surface area contributed by atoms with E-state index in [2.05, 4.69) is 29.5 Å². The number of rotatable bonds is 3. The highest BCUT2D eigenvalue weighted by Gasteiger charge is 2.20. The van der Waals surface area contributed by atoms with E-state index in [0.29, 0.717) is 5.11 Å². The van der Waals surface area contributed by atoms with Crippen LogP contribution in [0.5, 0.6) is 0 Å². The average Bonchev–Trinajstić information content (AvgIpc) is 2.40. The molecule has 0 aliphatic rings. The Bertz CT molecular complexity index is 538. The highest BCUT2D eigenvalue weighted by atomic mass is 32.1. The highest BCUT2D eigenvalue weighted by molar-refractivity contribution is 7.80. The van der Waals surface area contributed by atoms with Crippen molar-refractivity contribution in [2.75, 3.05) is 5.32 Å². The summed E-state index contributed by atoms with van der Waals surface area (Å²) in [6, 6.07) is 13.8. The third kappa shape index (κ3) is 3.76. The van der Waals surface area contributed by atoms with E-state index in [4.69, 9.17) is 12.2 Å². The van der Waals surface area contributed by atoms with E-state index in [-0.39, 0.29) is 5.54 Å². The van der Waals surface area contributed by atoms with Crippen LogP contribution in [-0.2, 0) is 5.54 Å². The van der Waals surface area contributed by atoms with Gasteiger partial charge in [-0.1, -0.05) is 18.2 Å². The largest absolute Gasteiger partial charge is 0.353 e. The third-order valence-electron chi connectivity index (χ3n) is 2.86. The van der Waals surface area contributed by atoms with E-state index in [1.165, 1.54) is 0 Å². The summed E-state index contributed by atoms with van der Waals surface area (Å²) in [7, 11) is 0. The summed E-state index contributed by atoms with van der Waals surface area (Å²) in [5, 5.41) is 7.09. The summed E-state index contributed by atoms with van der Waals surface area (Å²) in [4.78, 5) is 4.03. The number of thiocarbonyl (C=S) groups is 1. The predicted octanol–water partition coefficient (Wildman–Crippen LogP) is 3.30. The van der Waals surface area contributed by atoms with Crippen LogP contribution in [0.15, 0.2) is 54.9 Å². The molecule has 1 aromatic heterocycles. The normalized spacial score (nSPS) is 10.8. The number of aromatic nitrogens is 1. The first-order chi connectivity index (χ1) is 9.08. The van der Waals surface area contributed by atoms with Gasteiger partial charge in [-0.2, -0.15) is 0 Å². The molecule has 4 heteroatoms. The van der Waals surface area contributed by atoms with Crippen molar-refractivity contribution in [2.24, 2.45) is 0 Å². The molecule has 0 radical (unpaired) electrons. The Kier molecular flexibility index (Phi) is 4.12. The number of benzene rings is 1. The van der Waals surface area contributed by atoms with Crippen molar-refractivity contribution < 1.29 is 0 Å². The number of nitrogens with zero attached hydrogens (tertiary/aromatic N) is 1. The molecular weight excluding hydrogens is 254 g/mol. The van der Waals surface area contributed by atoms with Crippen LogP contribution in [0.2, 0.25) is 0 Å². The topological polar surface area (TPSA) is 37.0 Å². The van der Waals surface area contributed by atoms with E-state index < -0.39 is 0 Å². The van der Waals surface area contributed by atoms with Crippen LogP contribution in [0.4, 0.5) is 5.69 Å². The van der Waals surface area contributed by atoms with Gasteiger partial charge in [-0.15, -0.1) is 0 Å². The van der Waals surface area contributed by atoms with Gasteiger partial charge in [0.25, 0.3) is 0 Å². The fourth-order valence-corrected chi connectivity index (χ4v) is 2.18. The molecule has 0 unspecified atom stereocenters. The molecule has 0 aliphatic carbocycles. The minimum Gasteiger partial charge on any atom is -0.353 e. The fraction of sp³-hybridized carbons (Fsp3) is 0.200. The molecule has 1 heterocycles. The average molecular weight is 271 g/mol. The quantitative estimate of drug-likeness (QED) is 0.840. The minimum atomic E-state index is -0.248. The van der Waals surface area contributed by atoms with E-state index in [1.54, 1.807) is 12.4 Å². The van der Waals surface area contributed by atoms with Crippen molar-refractivity contribution in [3.05, 3.63) is 60.4 Å². The first kappa shape index (κ1) is 13.5. The number of hydrogen-bond donors (Lipinski definition) is 2. The van der Waals surface area contributed by atoms with Gasteiger partial charge in [0.1, 0.15) is 0 Å². The highest BCUT2D eigenvalue weighted by Crippen LogP contribution is 2.19. The van der Waals surface area contributed by atoms with Gasteiger partial charge in [0.2, 0.25) is 0 Å². The Morgan fingerprint density at radius 3 is 2.32 bits per heavy atom. The maximum atomic E-state index is 5.35. The SMILES string of the molecule is CC(C)(NC(=S)Nc1ccccc1)c1ccncc1. The summed E-state index contributed by atoms with van der Waals surface area (Å²) in [6.45, 7) is 4.17. The lowest BCUT2D eigenvalue weighted by Crippen LogP contribution is -2.43. The van der Waals surface area contributed by atoms with Crippen molar-refractivity contribution in [3.63, 3.8) is 0 Å². The Morgan fingerprint density at radius 2 is 1.68 bits per heavy atom. The van der Waals surface area contributed by atoms with Crippen molar-refractivity contribution in [1.29, 1.82) is 0 Å². The molecule has 2 aromatic rings. The van der Waals surface area contributed by atoms with Crippen molar-refractivity contribution >= 4 is 23.0 Å². The Labute approximate surface area is 119 Å². The second kappa shape index (κ2) is 5.80. The van der Waals surface area contributed by atoms with Gasteiger partial charge in [-0.3, -0.25) is 4.98 Å². The molecule has 0 atom stereocenters. The minimum absolute atomic E-state index is 0.248. The Morgan fingerprint density at radius 1 is 1.05 bits per heavy atom. The van der Waals surface area contributed by atoms with Crippen LogP contribution in [0.1, 0.15) is 19.4 Å². The van der Waals surface area contributed by atoms with E-state index in [9.17, 15) is 0 Å². The maximum absolute atomic E-state index is 5.35. The summed E-state index contributed by atoms with van der Waals surface area (Å²) < 4.78 is 0. The number of anilines is 1. The van der Waals surface area contributed by atoms with Gasteiger partial charge in [0.05, 0.1) is 5.54 Å². The fourth-order valence-electron chi connectivity index (χ4n) is 1.81. The van der Waals surface area contributed by atoms with Gasteiger partial charge >= 0.3 is 0 Å². The van der Waals surface area contributed by atoms with Gasteiger partial charge in [-0.25, -0.2) is 0 Å². The van der Waals surface area contributed by atoms with E-state index in [1.807, 2.05) is 42.5 Å². The molecule has 19 heavy (non-hydrogen) atoms. The Hall–Kier alpha value is -1.94. The molecule has 98 valence electrons. The molecule has 0 amide bonds. The molecule has 0 fully saturated rings. The van der Waals surface area contributed by atoms with E-state index >= 15 is 0 Å². The van der Waals surface area contributed by atoms with Crippen LogP contribution >= 0.6 is 12.2 Å². The van der Waals surface area contributed by atoms with E-state index in [0.717, 1.165) is 11.3 Å². The van der Waals surface area contributed by atoms with Crippen molar-refractivity contribution in [1.82, 2.24) is 10.3 Å². The summed E-state index contributed by atoms with van der Waals surface area (Å²) in [6.07, 6.45) is 3.57. The standard InChI is InChI=1S/C15H17N3S/c1-15(2,12-8-10-16-11-9-12)18-14(19)17-13-6-4-3-5-7-13/h3-11H,1-2H3,(H2,17,18,19). The zero-order valence-corrected chi connectivity index (χ0v) is 11.9. The second-order valence-corrected chi connectivity index (χ2v) is 5.21. The number of para-hydroxylation sites is 1. The van der Waals surface area contributed by atoms with Crippen LogP contribution < -0.4 is 10.6 Å². The summed E-state index contributed by atoms with van der Waals surface area (Å²) >= 11 is 5.35. The molecule has 0 aliphatic heterocycles. The number of hydrogen-bond acceptors (Lipinski definition) is 2. The molecule has 2 N–H and O–H groups in total. The van der Waals surface area contributed by atoms with Gasteiger partial charge in [0.15, 0.2) is 5.11 Å². The first-order valence-electron chi connectivity index (χ1n) is 6.13. The molecular formula is C15H17N3S. The number of nitrogens with one attached hydrogen (secondary N) is 2. The molecule has 3 nitrogen and oxygen atoms in total. The zero-order valence-electron chi connectivity index (χ0n) is 11.1. The van der Waals surface area contributed by atoms with Crippen LogP contribution in [0.25, 0.3) is 0 Å². The van der Waals surface area contributed by atoms with Crippen LogP contribution in [0, 0.1) is 0 Å². The van der Waals surface area contributed by atoms with Gasteiger partial charge in [-0.05, 0) is 55.9 Å². The third-order valence-corrected chi connectivity index (χ3v) is 3.06. The Balaban J connectivity index is 2.02.